The summed E-state index contributed by atoms with van der Waals surface area (Å²) in [5, 5.41) is 10.5. The largest absolute Gasteiger partial charge is 0.393 e. The second-order valence-corrected chi connectivity index (χ2v) is 6.05. The monoisotopic (exact) mass is 277 g/mol. The highest BCUT2D eigenvalue weighted by Gasteiger charge is 2.42. The zero-order valence-corrected chi connectivity index (χ0v) is 11.8. The van der Waals surface area contributed by atoms with Gasteiger partial charge in [0.15, 0.2) is 0 Å². The summed E-state index contributed by atoms with van der Waals surface area (Å²) in [6.07, 6.45) is 7.95. The van der Waals surface area contributed by atoms with Crippen molar-refractivity contribution in [1.29, 1.82) is 0 Å². The Morgan fingerprint density at radius 2 is 2.20 bits per heavy atom. The number of aliphatic hydroxyl groups is 1. The van der Waals surface area contributed by atoms with E-state index >= 15 is 0 Å². The van der Waals surface area contributed by atoms with Gasteiger partial charge in [-0.05, 0) is 49.3 Å². The highest BCUT2D eigenvalue weighted by atomic mass is 16.6. The molecule has 4 nitrogen and oxygen atoms in total. The van der Waals surface area contributed by atoms with Crippen molar-refractivity contribution in [3.05, 3.63) is 30.1 Å². The van der Waals surface area contributed by atoms with Gasteiger partial charge in [-0.1, -0.05) is 0 Å². The summed E-state index contributed by atoms with van der Waals surface area (Å²) < 4.78 is 11.4. The van der Waals surface area contributed by atoms with Gasteiger partial charge in [0.25, 0.3) is 0 Å². The number of aryl methyl sites for hydroxylation is 1. The van der Waals surface area contributed by atoms with Crippen LogP contribution in [-0.2, 0) is 15.9 Å². The van der Waals surface area contributed by atoms with Gasteiger partial charge >= 0.3 is 0 Å². The predicted octanol–water partition coefficient (Wildman–Crippen LogP) is 1.96. The molecular formula is C16H23NO3. The van der Waals surface area contributed by atoms with Crippen LogP contribution in [0.15, 0.2) is 24.5 Å². The first-order valence-corrected chi connectivity index (χ1v) is 7.56. The van der Waals surface area contributed by atoms with Crippen molar-refractivity contribution in [3.8, 4) is 0 Å². The third-order valence-electron chi connectivity index (χ3n) is 4.62. The first-order chi connectivity index (χ1) is 9.77. The molecule has 2 aliphatic rings. The zero-order chi connectivity index (χ0) is 13.8. The Balaban J connectivity index is 1.53. The van der Waals surface area contributed by atoms with E-state index in [0.717, 1.165) is 45.3 Å². The van der Waals surface area contributed by atoms with Gasteiger partial charge in [0.2, 0.25) is 0 Å². The average molecular weight is 277 g/mol. The molecule has 3 atom stereocenters. The number of hydrogen-bond acceptors (Lipinski definition) is 4. The van der Waals surface area contributed by atoms with Crippen LogP contribution in [0.3, 0.4) is 0 Å². The summed E-state index contributed by atoms with van der Waals surface area (Å²) in [6, 6.07) is 4.03. The quantitative estimate of drug-likeness (QED) is 0.914. The maximum Gasteiger partial charge on any atom is 0.0940 e. The number of hydrogen-bond donors (Lipinski definition) is 1. The Kier molecular flexibility index (Phi) is 4.34. The molecule has 1 aromatic rings. The Bertz CT molecular complexity index is 417. The van der Waals surface area contributed by atoms with E-state index in [-0.39, 0.29) is 11.7 Å². The molecule has 3 heterocycles. The van der Waals surface area contributed by atoms with Crippen LogP contribution < -0.4 is 0 Å². The van der Waals surface area contributed by atoms with E-state index in [1.807, 2.05) is 12.1 Å². The van der Waals surface area contributed by atoms with E-state index < -0.39 is 0 Å². The molecule has 0 bridgehead atoms. The summed E-state index contributed by atoms with van der Waals surface area (Å²) in [4.78, 5) is 4.02. The molecule has 3 rings (SSSR count). The lowest BCUT2D eigenvalue weighted by Gasteiger charge is -2.39. The lowest BCUT2D eigenvalue weighted by atomic mass is 9.81. The molecule has 2 fully saturated rings. The second-order valence-electron chi connectivity index (χ2n) is 6.05. The van der Waals surface area contributed by atoms with Gasteiger partial charge in [-0.2, -0.15) is 0 Å². The predicted molar refractivity (Wildman–Crippen MR) is 75.4 cm³/mol. The second kappa shape index (κ2) is 6.20. The Morgan fingerprint density at radius 1 is 1.35 bits per heavy atom. The summed E-state index contributed by atoms with van der Waals surface area (Å²) >= 11 is 0. The van der Waals surface area contributed by atoms with Crippen LogP contribution in [0.2, 0.25) is 0 Å². The topological polar surface area (TPSA) is 51.6 Å². The molecule has 2 saturated heterocycles. The first kappa shape index (κ1) is 14.0. The summed E-state index contributed by atoms with van der Waals surface area (Å²) in [5.74, 6) is 0.340. The van der Waals surface area contributed by atoms with Gasteiger partial charge in [0.05, 0.1) is 18.3 Å². The first-order valence-electron chi connectivity index (χ1n) is 7.56. The molecule has 0 aromatic carbocycles. The van der Waals surface area contributed by atoms with Crippen LogP contribution in [0.4, 0.5) is 0 Å². The van der Waals surface area contributed by atoms with Crippen molar-refractivity contribution >= 4 is 0 Å². The summed E-state index contributed by atoms with van der Waals surface area (Å²) in [5.41, 5.74) is 1.13. The molecule has 110 valence electrons. The number of aliphatic hydroxyl groups excluding tert-OH is 1. The fourth-order valence-corrected chi connectivity index (χ4v) is 3.36. The molecule has 0 saturated carbocycles. The molecule has 20 heavy (non-hydrogen) atoms. The normalized spacial score (nSPS) is 31.6. The molecule has 0 amide bonds. The third-order valence-corrected chi connectivity index (χ3v) is 4.62. The van der Waals surface area contributed by atoms with Crippen LogP contribution in [0.5, 0.6) is 0 Å². The van der Waals surface area contributed by atoms with Gasteiger partial charge in [0.1, 0.15) is 0 Å². The third kappa shape index (κ3) is 3.19. The number of pyridine rings is 1. The van der Waals surface area contributed by atoms with Crippen LogP contribution in [-0.4, -0.2) is 41.6 Å². The van der Waals surface area contributed by atoms with Crippen molar-refractivity contribution in [2.45, 2.75) is 43.8 Å². The molecular weight excluding hydrogens is 254 g/mol. The van der Waals surface area contributed by atoms with E-state index in [1.54, 1.807) is 12.4 Å². The van der Waals surface area contributed by atoms with E-state index in [1.165, 1.54) is 5.56 Å². The van der Waals surface area contributed by atoms with Gasteiger partial charge in [0, 0.05) is 32.0 Å². The summed E-state index contributed by atoms with van der Waals surface area (Å²) in [7, 11) is 0. The lowest BCUT2D eigenvalue weighted by Crippen LogP contribution is -2.43. The van der Waals surface area contributed by atoms with Gasteiger partial charge < -0.3 is 14.6 Å². The number of nitrogens with zero attached hydrogens (tertiary/aromatic N) is 1. The molecule has 4 heteroatoms. The Hall–Kier alpha value is -0.970. The minimum Gasteiger partial charge on any atom is -0.393 e. The van der Waals surface area contributed by atoms with Gasteiger partial charge in [-0.25, -0.2) is 0 Å². The van der Waals surface area contributed by atoms with Gasteiger partial charge in [-0.3, -0.25) is 4.98 Å². The Morgan fingerprint density at radius 3 is 2.95 bits per heavy atom. The van der Waals surface area contributed by atoms with Crippen molar-refractivity contribution in [3.63, 3.8) is 0 Å². The highest BCUT2D eigenvalue weighted by molar-refractivity contribution is 5.09. The molecule has 1 aromatic heterocycles. The highest BCUT2D eigenvalue weighted by Crippen LogP contribution is 2.37. The van der Waals surface area contributed by atoms with Crippen molar-refractivity contribution in [1.82, 2.24) is 4.98 Å². The maximum atomic E-state index is 10.5. The smallest absolute Gasteiger partial charge is 0.0940 e. The van der Waals surface area contributed by atoms with E-state index in [9.17, 15) is 5.11 Å². The lowest BCUT2D eigenvalue weighted by molar-refractivity contribution is -0.117. The fraction of sp³-hybridized carbons (Fsp3) is 0.688. The maximum absolute atomic E-state index is 10.5. The van der Waals surface area contributed by atoms with Crippen LogP contribution in [0.1, 0.15) is 31.2 Å². The van der Waals surface area contributed by atoms with E-state index in [0.29, 0.717) is 12.5 Å². The van der Waals surface area contributed by atoms with Crippen molar-refractivity contribution < 1.29 is 14.6 Å². The zero-order valence-electron chi connectivity index (χ0n) is 11.8. The minimum absolute atomic E-state index is 0.111. The molecule has 0 aliphatic carbocycles. The summed E-state index contributed by atoms with van der Waals surface area (Å²) in [6.45, 7) is 2.24. The van der Waals surface area contributed by atoms with Crippen LogP contribution in [0.25, 0.3) is 0 Å². The molecule has 2 aliphatic heterocycles. The SMILES string of the molecule is OC(CCc1ccncc1)C1CCOC2(CCOC2)C1. The fourth-order valence-electron chi connectivity index (χ4n) is 3.36. The molecule has 3 unspecified atom stereocenters. The van der Waals surface area contributed by atoms with Crippen molar-refractivity contribution in [2.75, 3.05) is 19.8 Å². The van der Waals surface area contributed by atoms with E-state index in [2.05, 4.69) is 4.98 Å². The number of aromatic nitrogens is 1. The van der Waals surface area contributed by atoms with E-state index in [4.69, 9.17) is 9.47 Å². The molecule has 0 radical (unpaired) electrons. The van der Waals surface area contributed by atoms with Gasteiger partial charge in [-0.15, -0.1) is 0 Å². The average Bonchev–Trinajstić information content (AvgIpc) is 2.93. The standard InChI is InChI=1S/C16H23NO3/c18-15(2-1-13-3-7-17-8-4-13)14-5-9-20-16(11-14)6-10-19-12-16/h3-4,7-8,14-15,18H,1-2,5-6,9-12H2. The Labute approximate surface area is 120 Å². The number of ether oxygens (including phenoxy) is 2. The minimum atomic E-state index is -0.246. The molecule has 1 N–H and O–H groups in total. The van der Waals surface area contributed by atoms with Crippen LogP contribution >= 0.6 is 0 Å². The number of rotatable bonds is 4. The van der Waals surface area contributed by atoms with Crippen molar-refractivity contribution in [2.24, 2.45) is 5.92 Å². The van der Waals surface area contributed by atoms with Crippen LogP contribution in [0, 0.1) is 5.92 Å². The molecule has 1 spiro atoms.